The molecule has 0 bridgehead atoms. The third-order valence-electron chi connectivity index (χ3n) is 11.0. The van der Waals surface area contributed by atoms with Crippen LogP contribution in [0.2, 0.25) is 0 Å². The lowest BCUT2D eigenvalue weighted by Crippen LogP contribution is -2.46. The van der Waals surface area contributed by atoms with Crippen molar-refractivity contribution in [2.75, 3.05) is 6.61 Å². The van der Waals surface area contributed by atoms with Crippen LogP contribution in [0.5, 0.6) is 0 Å². The maximum Gasteiger partial charge on any atom is 0.306 e. The maximum atomic E-state index is 13.1. The summed E-state index contributed by atoms with van der Waals surface area (Å²) in [6.07, 6.45) is 50.6. The molecule has 0 aromatic heterocycles. The number of hydrogen-bond donors (Lipinski definition) is 3. The smallest absolute Gasteiger partial charge is 0.306 e. The summed E-state index contributed by atoms with van der Waals surface area (Å²) >= 11 is 0. The van der Waals surface area contributed by atoms with Gasteiger partial charge < -0.3 is 20.3 Å². The first-order valence-electron chi connectivity index (χ1n) is 24.2. The number of nitrogens with one attached hydrogen (secondary N) is 1. The van der Waals surface area contributed by atoms with Crippen LogP contribution in [0.15, 0.2) is 36.5 Å². The normalized spacial score (nSPS) is 13.6. The second-order valence-electron chi connectivity index (χ2n) is 16.5. The number of allylic oxidation sites excluding steroid dienone is 6. The Morgan fingerprint density at radius 3 is 1.46 bits per heavy atom. The molecule has 6 heteroatoms. The van der Waals surface area contributed by atoms with Crippen molar-refractivity contribution in [3.8, 4) is 0 Å². The second-order valence-corrected chi connectivity index (χ2v) is 16.5. The van der Waals surface area contributed by atoms with Gasteiger partial charge in [0.05, 0.1) is 25.2 Å². The zero-order chi connectivity index (χ0) is 41.0. The SMILES string of the molecule is CC/C=C/C/C=C/C/C=C/CCCCCCC(=O)OC(CCCCCCCCCCC)CC(=O)NC(CO)C(O)CCCCCCCCCCCCCCCC. The highest BCUT2D eigenvalue weighted by Crippen LogP contribution is 2.18. The minimum absolute atomic E-state index is 0.0712. The third-order valence-corrected chi connectivity index (χ3v) is 11.0. The molecule has 0 fully saturated rings. The Labute approximate surface area is 347 Å². The van der Waals surface area contributed by atoms with Crippen molar-refractivity contribution >= 4 is 11.9 Å². The van der Waals surface area contributed by atoms with E-state index in [1.165, 1.54) is 122 Å². The van der Waals surface area contributed by atoms with Crippen LogP contribution in [-0.2, 0) is 14.3 Å². The largest absolute Gasteiger partial charge is 0.462 e. The van der Waals surface area contributed by atoms with E-state index < -0.39 is 18.2 Å². The molecule has 0 radical (unpaired) electrons. The summed E-state index contributed by atoms with van der Waals surface area (Å²) in [6, 6.07) is -0.701. The standard InChI is InChI=1S/C50H93NO5/c1-4-7-10-13-16-19-21-23-25-27-30-33-36-39-42-48(53)47(45-52)51-49(54)44-46(41-38-35-32-29-18-15-12-9-6-3)56-50(55)43-40-37-34-31-28-26-24-22-20-17-14-11-8-5-2/h8,11,17,20,24,26,46-48,52-53H,4-7,9-10,12-16,18-19,21-23,25,27-45H2,1-3H3,(H,51,54)/b11-8+,20-17+,26-24+. The van der Waals surface area contributed by atoms with Gasteiger partial charge in [-0.15, -0.1) is 0 Å². The van der Waals surface area contributed by atoms with E-state index in [2.05, 4.69) is 62.5 Å². The third kappa shape index (κ3) is 38.9. The molecule has 0 aromatic carbocycles. The van der Waals surface area contributed by atoms with Gasteiger partial charge in [0, 0.05) is 6.42 Å². The average molecular weight is 788 g/mol. The van der Waals surface area contributed by atoms with E-state index in [4.69, 9.17) is 4.74 Å². The fourth-order valence-corrected chi connectivity index (χ4v) is 7.33. The molecule has 0 aliphatic carbocycles. The molecule has 0 spiro atoms. The van der Waals surface area contributed by atoms with Gasteiger partial charge in [0.1, 0.15) is 6.10 Å². The number of aliphatic hydroxyl groups excluding tert-OH is 2. The number of esters is 1. The van der Waals surface area contributed by atoms with Gasteiger partial charge in [-0.05, 0) is 57.8 Å². The molecule has 56 heavy (non-hydrogen) atoms. The van der Waals surface area contributed by atoms with E-state index in [-0.39, 0.29) is 24.9 Å². The molecule has 0 saturated carbocycles. The highest BCUT2D eigenvalue weighted by molar-refractivity contribution is 5.77. The van der Waals surface area contributed by atoms with E-state index in [9.17, 15) is 19.8 Å². The van der Waals surface area contributed by atoms with Crippen LogP contribution in [0.4, 0.5) is 0 Å². The van der Waals surface area contributed by atoms with Crippen molar-refractivity contribution in [3.63, 3.8) is 0 Å². The molecule has 0 aliphatic rings. The molecule has 0 aliphatic heterocycles. The summed E-state index contributed by atoms with van der Waals surface area (Å²) in [5.41, 5.74) is 0. The van der Waals surface area contributed by atoms with Crippen LogP contribution in [0.3, 0.4) is 0 Å². The molecule has 0 heterocycles. The number of amides is 1. The Hall–Kier alpha value is -1.92. The van der Waals surface area contributed by atoms with Gasteiger partial charge in [-0.1, -0.05) is 211 Å². The summed E-state index contributed by atoms with van der Waals surface area (Å²) in [6.45, 7) is 6.35. The number of ether oxygens (including phenoxy) is 1. The summed E-state index contributed by atoms with van der Waals surface area (Å²) < 4.78 is 5.89. The van der Waals surface area contributed by atoms with Crippen molar-refractivity contribution in [3.05, 3.63) is 36.5 Å². The summed E-state index contributed by atoms with van der Waals surface area (Å²) in [5, 5.41) is 23.7. The maximum absolute atomic E-state index is 13.1. The fraction of sp³-hybridized carbons (Fsp3) is 0.840. The first-order chi connectivity index (χ1) is 27.5. The predicted octanol–water partition coefficient (Wildman–Crippen LogP) is 14.1. The van der Waals surface area contributed by atoms with Crippen molar-refractivity contribution in [2.24, 2.45) is 0 Å². The lowest BCUT2D eigenvalue weighted by Gasteiger charge is -2.24. The minimum atomic E-state index is -0.787. The second kappa shape index (κ2) is 44.2. The van der Waals surface area contributed by atoms with Crippen LogP contribution in [0.1, 0.15) is 245 Å². The Balaban J connectivity index is 4.50. The quantitative estimate of drug-likeness (QED) is 0.0325. The zero-order valence-corrected chi connectivity index (χ0v) is 37.3. The number of unbranched alkanes of at least 4 members (excludes halogenated alkanes) is 25. The molecular weight excluding hydrogens is 695 g/mol. The Morgan fingerprint density at radius 2 is 0.964 bits per heavy atom. The predicted molar refractivity (Wildman–Crippen MR) is 241 cm³/mol. The first kappa shape index (κ1) is 54.1. The van der Waals surface area contributed by atoms with Crippen LogP contribution in [0, 0.1) is 0 Å². The molecule has 6 nitrogen and oxygen atoms in total. The molecule has 0 aromatic rings. The van der Waals surface area contributed by atoms with Crippen LogP contribution in [0.25, 0.3) is 0 Å². The molecule has 3 N–H and O–H groups in total. The number of hydrogen-bond acceptors (Lipinski definition) is 5. The van der Waals surface area contributed by atoms with Crippen molar-refractivity contribution in [1.82, 2.24) is 5.32 Å². The molecule has 3 atom stereocenters. The van der Waals surface area contributed by atoms with Crippen LogP contribution >= 0.6 is 0 Å². The van der Waals surface area contributed by atoms with Crippen molar-refractivity contribution in [1.29, 1.82) is 0 Å². The number of aliphatic hydroxyl groups is 2. The Bertz CT molecular complexity index is 930. The van der Waals surface area contributed by atoms with E-state index in [0.29, 0.717) is 19.3 Å². The fourth-order valence-electron chi connectivity index (χ4n) is 7.33. The number of carbonyl (C=O) groups is 2. The van der Waals surface area contributed by atoms with Gasteiger partial charge >= 0.3 is 5.97 Å². The summed E-state index contributed by atoms with van der Waals surface area (Å²) in [7, 11) is 0. The minimum Gasteiger partial charge on any atom is -0.462 e. The van der Waals surface area contributed by atoms with Gasteiger partial charge in [0.25, 0.3) is 0 Å². The lowest BCUT2D eigenvalue weighted by molar-refractivity contribution is -0.151. The molecule has 1 amide bonds. The molecule has 328 valence electrons. The Morgan fingerprint density at radius 1 is 0.536 bits per heavy atom. The molecule has 0 saturated heterocycles. The average Bonchev–Trinajstić information content (AvgIpc) is 3.19. The zero-order valence-electron chi connectivity index (χ0n) is 37.3. The monoisotopic (exact) mass is 788 g/mol. The van der Waals surface area contributed by atoms with Crippen LogP contribution < -0.4 is 5.32 Å². The highest BCUT2D eigenvalue weighted by Gasteiger charge is 2.24. The van der Waals surface area contributed by atoms with Gasteiger partial charge in [-0.2, -0.15) is 0 Å². The van der Waals surface area contributed by atoms with Gasteiger partial charge in [-0.3, -0.25) is 9.59 Å². The number of rotatable bonds is 43. The van der Waals surface area contributed by atoms with Gasteiger partial charge in [0.15, 0.2) is 0 Å². The van der Waals surface area contributed by atoms with Crippen LogP contribution in [-0.4, -0.2) is 46.9 Å². The lowest BCUT2D eigenvalue weighted by atomic mass is 10.0. The van der Waals surface area contributed by atoms with E-state index in [1.807, 2.05) is 0 Å². The van der Waals surface area contributed by atoms with Crippen molar-refractivity contribution < 1.29 is 24.5 Å². The van der Waals surface area contributed by atoms with Gasteiger partial charge in [0.2, 0.25) is 5.91 Å². The Kier molecular flexibility index (Phi) is 42.7. The van der Waals surface area contributed by atoms with Gasteiger partial charge in [-0.25, -0.2) is 0 Å². The van der Waals surface area contributed by atoms with E-state index in [0.717, 1.165) is 77.0 Å². The molecule has 0 rings (SSSR count). The molecular formula is C50H93NO5. The molecule has 3 unspecified atom stereocenters. The van der Waals surface area contributed by atoms with Crippen molar-refractivity contribution in [2.45, 2.75) is 264 Å². The summed E-state index contributed by atoms with van der Waals surface area (Å²) in [4.78, 5) is 26.0. The first-order valence-corrected chi connectivity index (χ1v) is 24.2. The topological polar surface area (TPSA) is 95.9 Å². The highest BCUT2D eigenvalue weighted by atomic mass is 16.5. The van der Waals surface area contributed by atoms with E-state index >= 15 is 0 Å². The summed E-state index contributed by atoms with van der Waals surface area (Å²) in [5.74, 6) is -0.495. The van der Waals surface area contributed by atoms with E-state index in [1.54, 1.807) is 0 Å². The number of carbonyl (C=O) groups excluding carboxylic acids is 2.